The number of aromatic nitrogens is 2. The predicted molar refractivity (Wildman–Crippen MR) is 78.9 cm³/mol. The van der Waals surface area contributed by atoms with Gasteiger partial charge in [0.15, 0.2) is 5.16 Å². The molecule has 5 nitrogen and oxygen atoms in total. The van der Waals surface area contributed by atoms with Crippen LogP contribution in [0, 0.1) is 0 Å². The zero-order valence-corrected chi connectivity index (χ0v) is 11.9. The van der Waals surface area contributed by atoms with Crippen LogP contribution in [0.4, 0.5) is 0 Å². The molecule has 0 saturated heterocycles. The Hall–Kier alpha value is -1.69. The van der Waals surface area contributed by atoms with Crippen molar-refractivity contribution in [2.75, 3.05) is 5.75 Å². The molecular weight excluding hydrogens is 274 g/mol. The number of nitrogens with one attached hydrogen (secondary N) is 2. The van der Waals surface area contributed by atoms with E-state index in [-0.39, 0.29) is 11.7 Å². The van der Waals surface area contributed by atoms with Crippen molar-refractivity contribution >= 4 is 28.7 Å². The van der Waals surface area contributed by atoms with Crippen LogP contribution in [0.25, 0.3) is 11.0 Å². The molecule has 1 amide bonds. The normalized spacial score (nSPS) is 15.8. The summed E-state index contributed by atoms with van der Waals surface area (Å²) in [5.74, 6) is 0.629. The Balaban J connectivity index is 1.57. The number of hydrogen-bond donors (Lipinski definition) is 3. The smallest absolute Gasteiger partial charge is 0.230 e. The number of aromatic hydroxyl groups is 1. The van der Waals surface area contributed by atoms with E-state index in [1.165, 1.54) is 24.6 Å². The highest BCUT2D eigenvalue weighted by Gasteiger charge is 2.17. The number of carbonyl (C=O) groups is 1. The topological polar surface area (TPSA) is 78.0 Å². The number of amides is 1. The van der Waals surface area contributed by atoms with Gasteiger partial charge in [0.05, 0.1) is 16.8 Å². The van der Waals surface area contributed by atoms with Crippen molar-refractivity contribution in [2.24, 2.45) is 0 Å². The minimum atomic E-state index is 0.0604. The number of hydrogen-bond acceptors (Lipinski definition) is 4. The second kappa shape index (κ2) is 5.75. The molecule has 1 heterocycles. The van der Waals surface area contributed by atoms with E-state index in [0.29, 0.717) is 17.0 Å². The monoisotopic (exact) mass is 291 g/mol. The van der Waals surface area contributed by atoms with E-state index < -0.39 is 0 Å². The van der Waals surface area contributed by atoms with Gasteiger partial charge in [-0.05, 0) is 25.0 Å². The van der Waals surface area contributed by atoms with Crippen molar-refractivity contribution in [3.8, 4) is 5.75 Å². The molecule has 3 N–H and O–H groups in total. The van der Waals surface area contributed by atoms with Crippen LogP contribution in [-0.4, -0.2) is 32.8 Å². The fraction of sp³-hybridized carbons (Fsp3) is 0.429. The van der Waals surface area contributed by atoms with Gasteiger partial charge in [0.2, 0.25) is 5.91 Å². The molecule has 1 aliphatic carbocycles. The van der Waals surface area contributed by atoms with Crippen molar-refractivity contribution in [3.05, 3.63) is 18.2 Å². The van der Waals surface area contributed by atoms with E-state index in [1.807, 2.05) is 0 Å². The molecule has 0 aliphatic heterocycles. The summed E-state index contributed by atoms with van der Waals surface area (Å²) < 4.78 is 0. The fourth-order valence-corrected chi connectivity index (χ4v) is 3.21. The van der Waals surface area contributed by atoms with Crippen LogP contribution < -0.4 is 5.32 Å². The Morgan fingerprint density at radius 2 is 2.25 bits per heavy atom. The zero-order valence-electron chi connectivity index (χ0n) is 11.1. The third-order valence-corrected chi connectivity index (χ3v) is 4.38. The highest BCUT2D eigenvalue weighted by atomic mass is 32.2. The van der Waals surface area contributed by atoms with Gasteiger partial charge in [-0.25, -0.2) is 4.98 Å². The molecule has 1 aromatic carbocycles. The first-order chi connectivity index (χ1) is 9.70. The third kappa shape index (κ3) is 3.07. The molecule has 0 atom stereocenters. The lowest BCUT2D eigenvalue weighted by Crippen LogP contribution is -2.33. The van der Waals surface area contributed by atoms with Crippen molar-refractivity contribution in [1.82, 2.24) is 15.3 Å². The largest absolute Gasteiger partial charge is 0.508 e. The predicted octanol–water partition coefficient (Wildman–Crippen LogP) is 2.42. The lowest BCUT2D eigenvalue weighted by atomic mass is 10.2. The molecule has 20 heavy (non-hydrogen) atoms. The van der Waals surface area contributed by atoms with Crippen LogP contribution in [-0.2, 0) is 4.79 Å². The van der Waals surface area contributed by atoms with Crippen molar-refractivity contribution in [3.63, 3.8) is 0 Å². The van der Waals surface area contributed by atoms with Gasteiger partial charge in [0.25, 0.3) is 0 Å². The third-order valence-electron chi connectivity index (χ3n) is 3.50. The SMILES string of the molecule is O=C(CSc1nc2ccc(O)cc2[nH]1)NC1CCCC1. The van der Waals surface area contributed by atoms with Gasteiger partial charge >= 0.3 is 0 Å². The minimum Gasteiger partial charge on any atom is -0.508 e. The number of benzene rings is 1. The van der Waals surface area contributed by atoms with Crippen LogP contribution in [0.5, 0.6) is 5.75 Å². The van der Waals surface area contributed by atoms with Gasteiger partial charge in [-0.1, -0.05) is 24.6 Å². The van der Waals surface area contributed by atoms with Crippen molar-refractivity contribution in [1.29, 1.82) is 0 Å². The molecule has 3 rings (SSSR count). The van der Waals surface area contributed by atoms with Crippen molar-refractivity contribution < 1.29 is 9.90 Å². The number of thioether (sulfide) groups is 1. The van der Waals surface area contributed by atoms with Gasteiger partial charge < -0.3 is 15.4 Å². The number of phenolic OH excluding ortho intramolecular Hbond substituents is 1. The Morgan fingerprint density at radius 1 is 1.45 bits per heavy atom. The molecule has 0 radical (unpaired) electrons. The summed E-state index contributed by atoms with van der Waals surface area (Å²) in [7, 11) is 0. The lowest BCUT2D eigenvalue weighted by molar-refractivity contribution is -0.119. The van der Waals surface area contributed by atoms with Crippen LogP contribution in [0.15, 0.2) is 23.4 Å². The minimum absolute atomic E-state index is 0.0604. The second-order valence-corrected chi connectivity index (χ2v) is 6.05. The number of H-pyrrole nitrogens is 1. The Bertz CT molecular complexity index is 620. The molecule has 2 aromatic rings. The first-order valence-corrected chi connectivity index (χ1v) is 7.80. The molecule has 1 saturated carbocycles. The molecule has 6 heteroatoms. The summed E-state index contributed by atoms with van der Waals surface area (Å²) in [4.78, 5) is 19.3. The van der Waals surface area contributed by atoms with Gasteiger partial charge in [0.1, 0.15) is 5.75 Å². The highest BCUT2D eigenvalue weighted by molar-refractivity contribution is 7.99. The number of rotatable bonds is 4. The van der Waals surface area contributed by atoms with Gasteiger partial charge in [0, 0.05) is 12.1 Å². The van der Waals surface area contributed by atoms with E-state index in [1.54, 1.807) is 18.2 Å². The maximum Gasteiger partial charge on any atom is 0.230 e. The van der Waals surface area contributed by atoms with E-state index in [0.717, 1.165) is 23.9 Å². The Labute approximate surface area is 121 Å². The summed E-state index contributed by atoms with van der Waals surface area (Å²) in [6.07, 6.45) is 4.62. The second-order valence-electron chi connectivity index (χ2n) is 5.08. The summed E-state index contributed by atoms with van der Waals surface area (Å²) in [6, 6.07) is 5.34. The average molecular weight is 291 g/mol. The van der Waals surface area contributed by atoms with Crippen LogP contribution in [0.1, 0.15) is 25.7 Å². The van der Waals surface area contributed by atoms with E-state index in [2.05, 4.69) is 15.3 Å². The van der Waals surface area contributed by atoms with E-state index in [9.17, 15) is 9.90 Å². The summed E-state index contributed by atoms with van der Waals surface area (Å²) in [5, 5.41) is 13.1. The number of imidazole rings is 1. The Kier molecular flexibility index (Phi) is 3.82. The lowest BCUT2D eigenvalue weighted by Gasteiger charge is -2.10. The van der Waals surface area contributed by atoms with Crippen LogP contribution >= 0.6 is 11.8 Å². The first-order valence-electron chi connectivity index (χ1n) is 6.81. The van der Waals surface area contributed by atoms with Gasteiger partial charge in [-0.3, -0.25) is 4.79 Å². The summed E-state index contributed by atoms with van der Waals surface area (Å²) in [6.45, 7) is 0. The standard InChI is InChI=1S/C14H17N3O2S/c18-10-5-6-11-12(7-10)17-14(16-11)20-8-13(19)15-9-3-1-2-4-9/h5-7,9,18H,1-4,8H2,(H,15,19)(H,16,17). The molecular formula is C14H17N3O2S. The molecule has 1 aromatic heterocycles. The number of phenols is 1. The average Bonchev–Trinajstić information content (AvgIpc) is 3.04. The number of fused-ring (bicyclic) bond motifs is 1. The Morgan fingerprint density at radius 3 is 3.05 bits per heavy atom. The number of nitrogens with zero attached hydrogens (tertiary/aromatic N) is 1. The summed E-state index contributed by atoms with van der Waals surface area (Å²) in [5.41, 5.74) is 1.57. The molecule has 1 fully saturated rings. The summed E-state index contributed by atoms with van der Waals surface area (Å²) >= 11 is 1.38. The quantitative estimate of drug-likeness (QED) is 0.756. The first kappa shape index (κ1) is 13.3. The number of carbonyl (C=O) groups excluding carboxylic acids is 1. The highest BCUT2D eigenvalue weighted by Crippen LogP contribution is 2.23. The van der Waals surface area contributed by atoms with E-state index >= 15 is 0 Å². The van der Waals surface area contributed by atoms with Crippen molar-refractivity contribution in [2.45, 2.75) is 36.9 Å². The maximum absolute atomic E-state index is 11.8. The molecule has 0 unspecified atom stereocenters. The van der Waals surface area contributed by atoms with Gasteiger partial charge in [-0.15, -0.1) is 0 Å². The molecule has 0 bridgehead atoms. The van der Waals surface area contributed by atoms with Crippen LogP contribution in [0.3, 0.4) is 0 Å². The van der Waals surface area contributed by atoms with Crippen LogP contribution in [0.2, 0.25) is 0 Å². The van der Waals surface area contributed by atoms with Gasteiger partial charge in [-0.2, -0.15) is 0 Å². The molecule has 1 aliphatic rings. The maximum atomic E-state index is 11.8. The molecule has 106 valence electrons. The molecule has 0 spiro atoms. The van der Waals surface area contributed by atoms with E-state index in [4.69, 9.17) is 0 Å². The number of aromatic amines is 1. The zero-order chi connectivity index (χ0) is 13.9. The fourth-order valence-electron chi connectivity index (χ4n) is 2.52.